The first-order valence-electron chi connectivity index (χ1n) is 10.1. The zero-order valence-corrected chi connectivity index (χ0v) is 18.8. The Labute approximate surface area is 182 Å². The number of carbonyl (C=O) groups excluding carboxylic acids is 2. The lowest BCUT2D eigenvalue weighted by Gasteiger charge is -2.17. The summed E-state index contributed by atoms with van der Waals surface area (Å²) in [6.07, 6.45) is 3.01. The Morgan fingerprint density at radius 2 is 1.83 bits per heavy atom. The number of benzene rings is 2. The molecule has 0 aliphatic carbocycles. The third-order valence-corrected chi connectivity index (χ3v) is 5.84. The van der Waals surface area contributed by atoms with Crippen molar-refractivity contribution in [2.45, 2.75) is 49.7 Å². The average molecular weight is 431 g/mol. The van der Waals surface area contributed by atoms with Gasteiger partial charge in [0.2, 0.25) is 11.8 Å². The molecule has 6 nitrogen and oxygen atoms in total. The molecule has 162 valence electrons. The number of hydrogen-bond donors (Lipinski definition) is 2. The van der Waals surface area contributed by atoms with Crippen LogP contribution in [0.3, 0.4) is 0 Å². The van der Waals surface area contributed by atoms with Crippen LogP contribution in [0.25, 0.3) is 0 Å². The lowest BCUT2D eigenvalue weighted by molar-refractivity contribution is -0.116. The van der Waals surface area contributed by atoms with Gasteiger partial charge < -0.3 is 20.1 Å². The Balaban J connectivity index is 2.07. The second-order valence-electron chi connectivity index (χ2n) is 6.75. The van der Waals surface area contributed by atoms with E-state index in [4.69, 9.17) is 9.47 Å². The zero-order valence-electron chi connectivity index (χ0n) is 18.0. The van der Waals surface area contributed by atoms with E-state index in [1.165, 1.54) is 11.8 Å². The van der Waals surface area contributed by atoms with Crippen molar-refractivity contribution in [3.05, 3.63) is 42.5 Å². The summed E-state index contributed by atoms with van der Waals surface area (Å²) in [5.41, 5.74) is 1.31. The molecule has 30 heavy (non-hydrogen) atoms. The minimum Gasteiger partial charge on any atom is -0.497 e. The molecular formula is C23H30N2O4S. The molecule has 2 rings (SSSR count). The lowest BCUT2D eigenvalue weighted by Crippen LogP contribution is -2.24. The van der Waals surface area contributed by atoms with Crippen molar-refractivity contribution in [3.8, 4) is 11.5 Å². The molecule has 0 heterocycles. The smallest absolute Gasteiger partial charge is 0.237 e. The highest BCUT2D eigenvalue weighted by Crippen LogP contribution is 2.32. The summed E-state index contributed by atoms with van der Waals surface area (Å²) in [5, 5.41) is 5.57. The minimum atomic E-state index is -0.299. The summed E-state index contributed by atoms with van der Waals surface area (Å²) >= 11 is 1.46. The minimum absolute atomic E-state index is 0.00824. The third-order valence-electron chi connectivity index (χ3n) is 4.48. The first-order valence-corrected chi connectivity index (χ1v) is 11.0. The van der Waals surface area contributed by atoms with Crippen LogP contribution in [0.1, 0.15) is 39.5 Å². The van der Waals surface area contributed by atoms with Gasteiger partial charge in [-0.05, 0) is 43.2 Å². The summed E-state index contributed by atoms with van der Waals surface area (Å²) < 4.78 is 10.6. The van der Waals surface area contributed by atoms with Crippen molar-refractivity contribution in [2.24, 2.45) is 0 Å². The van der Waals surface area contributed by atoms with E-state index in [2.05, 4.69) is 17.6 Å². The van der Waals surface area contributed by atoms with Crippen LogP contribution in [0.4, 0.5) is 11.4 Å². The van der Waals surface area contributed by atoms with Gasteiger partial charge in [-0.1, -0.05) is 26.3 Å². The number of methoxy groups -OCH3 is 2. The van der Waals surface area contributed by atoms with Crippen molar-refractivity contribution in [1.29, 1.82) is 0 Å². The first kappa shape index (κ1) is 23.6. The number of anilines is 2. The highest BCUT2D eigenvalue weighted by molar-refractivity contribution is 8.00. The average Bonchev–Trinajstić information content (AvgIpc) is 2.76. The van der Waals surface area contributed by atoms with Crippen LogP contribution in [0, 0.1) is 0 Å². The fraction of sp³-hybridized carbons (Fsp3) is 0.391. The summed E-state index contributed by atoms with van der Waals surface area (Å²) in [4.78, 5) is 25.8. The number of carbonyl (C=O) groups is 2. The Morgan fingerprint density at radius 1 is 1.03 bits per heavy atom. The number of unbranched alkanes of at least 4 members (excludes halogenated alkanes) is 1. The van der Waals surface area contributed by atoms with Crippen LogP contribution >= 0.6 is 11.8 Å². The molecule has 1 atom stereocenters. The Kier molecular flexibility index (Phi) is 9.54. The molecule has 0 fully saturated rings. The Hall–Kier alpha value is -2.67. The van der Waals surface area contributed by atoms with Crippen LogP contribution in [0.5, 0.6) is 11.5 Å². The van der Waals surface area contributed by atoms with Crippen LogP contribution in [-0.4, -0.2) is 31.3 Å². The zero-order chi connectivity index (χ0) is 21.9. The molecule has 0 aliphatic heterocycles. The van der Waals surface area contributed by atoms with E-state index in [1.54, 1.807) is 32.4 Å². The summed E-state index contributed by atoms with van der Waals surface area (Å²) in [6.45, 7) is 4.03. The van der Waals surface area contributed by atoms with Crippen LogP contribution in [-0.2, 0) is 9.59 Å². The van der Waals surface area contributed by atoms with Gasteiger partial charge in [-0.3, -0.25) is 9.59 Å². The fourth-order valence-electron chi connectivity index (χ4n) is 2.82. The van der Waals surface area contributed by atoms with Crippen molar-refractivity contribution >= 4 is 35.0 Å². The van der Waals surface area contributed by atoms with Gasteiger partial charge in [0.05, 0.1) is 25.2 Å². The van der Waals surface area contributed by atoms with Crippen molar-refractivity contribution in [1.82, 2.24) is 0 Å². The van der Waals surface area contributed by atoms with E-state index in [9.17, 15) is 9.59 Å². The number of rotatable bonds is 11. The molecule has 0 saturated carbocycles. The fourth-order valence-corrected chi connectivity index (χ4v) is 3.83. The van der Waals surface area contributed by atoms with Crippen molar-refractivity contribution in [2.75, 3.05) is 24.9 Å². The van der Waals surface area contributed by atoms with E-state index < -0.39 is 0 Å². The van der Waals surface area contributed by atoms with E-state index in [0.29, 0.717) is 30.0 Å². The largest absolute Gasteiger partial charge is 0.497 e. The molecule has 0 spiro atoms. The molecule has 7 heteroatoms. The summed E-state index contributed by atoms with van der Waals surface area (Å²) in [5.74, 6) is 1.10. The predicted octanol–water partition coefficient (Wildman–Crippen LogP) is 5.34. The van der Waals surface area contributed by atoms with Crippen LogP contribution in [0.15, 0.2) is 47.4 Å². The van der Waals surface area contributed by atoms with E-state index in [0.717, 1.165) is 23.4 Å². The van der Waals surface area contributed by atoms with Gasteiger partial charge in [-0.15, -0.1) is 11.8 Å². The highest BCUT2D eigenvalue weighted by Gasteiger charge is 2.20. The summed E-state index contributed by atoms with van der Waals surface area (Å²) in [7, 11) is 3.13. The third kappa shape index (κ3) is 6.99. The van der Waals surface area contributed by atoms with Crippen molar-refractivity contribution in [3.63, 3.8) is 0 Å². The van der Waals surface area contributed by atoms with Gasteiger partial charge in [0.15, 0.2) is 0 Å². The van der Waals surface area contributed by atoms with Gasteiger partial charge in [0, 0.05) is 23.1 Å². The van der Waals surface area contributed by atoms with Crippen LogP contribution in [0.2, 0.25) is 0 Å². The molecule has 1 unspecified atom stereocenters. The Morgan fingerprint density at radius 3 is 2.50 bits per heavy atom. The molecule has 2 aromatic carbocycles. The van der Waals surface area contributed by atoms with Crippen molar-refractivity contribution < 1.29 is 19.1 Å². The molecule has 0 aliphatic rings. The van der Waals surface area contributed by atoms with Gasteiger partial charge in [-0.25, -0.2) is 0 Å². The molecular weight excluding hydrogens is 400 g/mol. The molecule has 0 radical (unpaired) electrons. The Bertz CT molecular complexity index is 857. The second kappa shape index (κ2) is 12.1. The maximum absolute atomic E-state index is 12.9. The topological polar surface area (TPSA) is 76.7 Å². The number of ether oxygens (including phenoxy) is 2. The number of nitrogens with one attached hydrogen (secondary N) is 2. The maximum Gasteiger partial charge on any atom is 0.237 e. The molecule has 0 bridgehead atoms. The molecule has 0 saturated heterocycles. The van der Waals surface area contributed by atoms with E-state index in [-0.39, 0.29) is 17.1 Å². The quantitative estimate of drug-likeness (QED) is 0.471. The van der Waals surface area contributed by atoms with E-state index in [1.807, 2.05) is 31.2 Å². The predicted molar refractivity (Wildman–Crippen MR) is 123 cm³/mol. The maximum atomic E-state index is 12.9. The first-order chi connectivity index (χ1) is 14.5. The van der Waals surface area contributed by atoms with Gasteiger partial charge >= 0.3 is 0 Å². The molecule has 2 amide bonds. The lowest BCUT2D eigenvalue weighted by atomic mass is 10.2. The van der Waals surface area contributed by atoms with Gasteiger partial charge in [0.25, 0.3) is 0 Å². The SMILES string of the molecule is CCCCC(=O)Nc1cccc(SC(CC)C(=O)Nc2cc(OC)ccc2OC)c1. The normalized spacial score (nSPS) is 11.5. The van der Waals surface area contributed by atoms with E-state index >= 15 is 0 Å². The standard InChI is InChI=1S/C23H30N2O4S/c1-5-7-11-22(26)24-16-9-8-10-18(14-16)30-21(6-2)23(27)25-19-15-17(28-3)12-13-20(19)29-4/h8-10,12-15,21H,5-7,11H2,1-4H3,(H,24,26)(H,25,27). The molecule has 2 N–H and O–H groups in total. The van der Waals surface area contributed by atoms with Gasteiger partial charge in [-0.2, -0.15) is 0 Å². The number of amides is 2. The molecule has 2 aromatic rings. The highest BCUT2D eigenvalue weighted by atomic mass is 32.2. The monoisotopic (exact) mass is 430 g/mol. The second-order valence-corrected chi connectivity index (χ2v) is 8.03. The number of thioether (sulfide) groups is 1. The summed E-state index contributed by atoms with van der Waals surface area (Å²) in [6, 6.07) is 12.9. The van der Waals surface area contributed by atoms with Crippen LogP contribution < -0.4 is 20.1 Å². The number of hydrogen-bond acceptors (Lipinski definition) is 5. The van der Waals surface area contributed by atoms with Gasteiger partial charge in [0.1, 0.15) is 11.5 Å². The molecule has 0 aromatic heterocycles.